The van der Waals surface area contributed by atoms with E-state index in [4.69, 9.17) is 15.2 Å². The van der Waals surface area contributed by atoms with Crippen LogP contribution in [0.5, 0.6) is 0 Å². The molecule has 1 heterocycles. The second-order valence-corrected chi connectivity index (χ2v) is 6.33. The van der Waals surface area contributed by atoms with Crippen molar-refractivity contribution in [3.63, 3.8) is 0 Å². The lowest BCUT2D eigenvalue weighted by molar-refractivity contribution is -0.157. The first kappa shape index (κ1) is 23.3. The van der Waals surface area contributed by atoms with E-state index < -0.39 is 60.2 Å². The predicted molar refractivity (Wildman–Crippen MR) is 94.3 cm³/mol. The van der Waals surface area contributed by atoms with Crippen LogP contribution in [0.2, 0.25) is 0 Å². The van der Waals surface area contributed by atoms with Crippen LogP contribution in [-0.2, 0) is 33.4 Å². The number of β-amino-alcohol motifs (C(OH)–C–C–N with tert-alkyl or cyclic N) is 1. The topological polar surface area (TPSA) is 165 Å². The van der Waals surface area contributed by atoms with E-state index in [9.17, 15) is 29.1 Å². The summed E-state index contributed by atoms with van der Waals surface area (Å²) < 4.78 is 9.69. The van der Waals surface area contributed by atoms with Gasteiger partial charge in [-0.05, 0) is 13.8 Å². The lowest BCUT2D eigenvalue weighted by Crippen LogP contribution is -2.56. The highest BCUT2D eigenvalue weighted by molar-refractivity contribution is 5.95. The van der Waals surface area contributed by atoms with Gasteiger partial charge < -0.3 is 30.5 Å². The summed E-state index contributed by atoms with van der Waals surface area (Å²) >= 11 is 0. The van der Waals surface area contributed by atoms with Crippen molar-refractivity contribution in [1.29, 1.82) is 0 Å². The van der Waals surface area contributed by atoms with Gasteiger partial charge in [-0.1, -0.05) is 0 Å². The monoisotopic (exact) mass is 401 g/mol. The summed E-state index contributed by atoms with van der Waals surface area (Å²) in [4.78, 5) is 61.5. The van der Waals surface area contributed by atoms with Crippen molar-refractivity contribution in [3.05, 3.63) is 0 Å². The number of esters is 2. The maximum atomic E-state index is 12.6. The van der Waals surface area contributed by atoms with Crippen LogP contribution in [0.15, 0.2) is 0 Å². The van der Waals surface area contributed by atoms with Gasteiger partial charge in [0.2, 0.25) is 17.7 Å². The van der Waals surface area contributed by atoms with Crippen LogP contribution in [0.3, 0.4) is 0 Å². The van der Waals surface area contributed by atoms with E-state index in [1.54, 1.807) is 13.8 Å². The van der Waals surface area contributed by atoms with Crippen LogP contribution in [0.1, 0.15) is 33.6 Å². The molecule has 0 saturated carbocycles. The zero-order valence-electron chi connectivity index (χ0n) is 16.2. The summed E-state index contributed by atoms with van der Waals surface area (Å²) in [6, 6.07) is -2.58. The smallest absolute Gasteiger partial charge is 0.312 e. The number of aliphatic hydroxyl groups is 1. The molecular weight excluding hydrogens is 374 g/mol. The Morgan fingerprint density at radius 2 is 1.79 bits per heavy atom. The number of nitrogens with zero attached hydrogens (tertiary/aromatic N) is 1. The molecule has 1 fully saturated rings. The minimum Gasteiger partial charge on any atom is -0.466 e. The number of hydrogen-bond donors (Lipinski definition) is 3. The highest BCUT2D eigenvalue weighted by Crippen LogP contribution is 2.20. The molecule has 0 aliphatic carbocycles. The number of nitrogens with one attached hydrogen (secondary N) is 1. The van der Waals surface area contributed by atoms with E-state index in [0.29, 0.717) is 0 Å². The molecule has 4 N–H and O–H groups in total. The van der Waals surface area contributed by atoms with Crippen LogP contribution in [-0.4, -0.2) is 77.6 Å². The van der Waals surface area contributed by atoms with Crippen LogP contribution in [0, 0.1) is 5.92 Å². The van der Waals surface area contributed by atoms with Crippen molar-refractivity contribution in [2.45, 2.75) is 51.8 Å². The Morgan fingerprint density at radius 1 is 1.18 bits per heavy atom. The van der Waals surface area contributed by atoms with Gasteiger partial charge in [0.1, 0.15) is 12.1 Å². The number of primary amides is 1. The number of ether oxygens (including phenoxy) is 2. The maximum absolute atomic E-state index is 12.6. The highest BCUT2D eigenvalue weighted by atomic mass is 16.5. The van der Waals surface area contributed by atoms with Gasteiger partial charge in [0.15, 0.2) is 0 Å². The molecule has 1 aliphatic rings. The van der Waals surface area contributed by atoms with E-state index in [1.807, 2.05) is 0 Å². The molecular formula is C17H27N3O8. The normalized spacial score (nSPS) is 20.8. The summed E-state index contributed by atoms with van der Waals surface area (Å²) in [6.45, 7) is 4.39. The van der Waals surface area contributed by atoms with Crippen molar-refractivity contribution in [2.75, 3.05) is 19.8 Å². The van der Waals surface area contributed by atoms with Gasteiger partial charge >= 0.3 is 11.9 Å². The fourth-order valence-corrected chi connectivity index (χ4v) is 3.02. The molecule has 4 atom stereocenters. The number of carbonyl (C=O) groups is 5. The molecule has 1 rings (SSSR count). The molecule has 0 aromatic carbocycles. The Bertz CT molecular complexity index is 624. The third-order valence-electron chi connectivity index (χ3n) is 4.27. The Balaban J connectivity index is 3.04. The van der Waals surface area contributed by atoms with E-state index in [2.05, 4.69) is 5.32 Å². The molecule has 0 aromatic rings. The van der Waals surface area contributed by atoms with Crippen LogP contribution < -0.4 is 11.1 Å². The number of likely N-dealkylation sites (tertiary alicyclic amines) is 1. The average molecular weight is 401 g/mol. The van der Waals surface area contributed by atoms with Crippen molar-refractivity contribution in [2.24, 2.45) is 11.7 Å². The van der Waals surface area contributed by atoms with E-state index >= 15 is 0 Å². The molecule has 0 unspecified atom stereocenters. The average Bonchev–Trinajstić information content (AvgIpc) is 3.00. The first-order chi connectivity index (χ1) is 13.1. The number of hydrogen-bond acceptors (Lipinski definition) is 8. The molecule has 0 aromatic heterocycles. The molecule has 28 heavy (non-hydrogen) atoms. The third kappa shape index (κ3) is 6.19. The summed E-state index contributed by atoms with van der Waals surface area (Å²) in [6.07, 6.45) is -1.45. The van der Waals surface area contributed by atoms with Gasteiger partial charge in [-0.3, -0.25) is 24.0 Å². The van der Waals surface area contributed by atoms with Crippen molar-refractivity contribution >= 4 is 29.7 Å². The second kappa shape index (κ2) is 10.6. The Labute approximate surface area is 162 Å². The molecule has 3 amide bonds. The van der Waals surface area contributed by atoms with Gasteiger partial charge in [0.25, 0.3) is 0 Å². The summed E-state index contributed by atoms with van der Waals surface area (Å²) in [7, 11) is 0. The fraction of sp³-hybridized carbons (Fsp3) is 0.706. The molecule has 0 radical (unpaired) electrons. The number of carbonyl (C=O) groups excluding carboxylic acids is 5. The quantitative estimate of drug-likeness (QED) is 0.376. The Hall–Kier alpha value is -2.69. The van der Waals surface area contributed by atoms with E-state index in [1.165, 1.54) is 6.92 Å². The molecule has 1 aliphatic heterocycles. The summed E-state index contributed by atoms with van der Waals surface area (Å²) in [5.41, 5.74) is 5.35. The van der Waals surface area contributed by atoms with E-state index in [-0.39, 0.29) is 26.2 Å². The molecule has 1 saturated heterocycles. The molecule has 11 heteroatoms. The lowest BCUT2D eigenvalue weighted by Gasteiger charge is -2.27. The number of amides is 3. The van der Waals surface area contributed by atoms with Gasteiger partial charge in [0.05, 0.1) is 31.7 Å². The first-order valence-corrected chi connectivity index (χ1v) is 8.99. The molecule has 0 spiro atoms. The second-order valence-electron chi connectivity index (χ2n) is 6.33. The van der Waals surface area contributed by atoms with Crippen LogP contribution >= 0.6 is 0 Å². The van der Waals surface area contributed by atoms with Gasteiger partial charge in [0, 0.05) is 19.9 Å². The number of rotatable bonds is 9. The zero-order valence-corrected chi connectivity index (χ0v) is 16.2. The van der Waals surface area contributed by atoms with Crippen LogP contribution in [0.4, 0.5) is 0 Å². The zero-order chi connectivity index (χ0) is 21.4. The molecule has 11 nitrogen and oxygen atoms in total. The van der Waals surface area contributed by atoms with Crippen molar-refractivity contribution < 1.29 is 38.6 Å². The van der Waals surface area contributed by atoms with Crippen molar-refractivity contribution in [1.82, 2.24) is 10.2 Å². The minimum atomic E-state index is -1.55. The standard InChI is InChI=1S/C17H27N3O8/c1-4-27-13(23)7-11(17(26)28-5-2)14(15(18)24)19-16(25)12-6-10(22)8-20(12)9(3)21/h10-12,14,22H,4-8H2,1-3H3,(H2,18,24)(H,19,25)/t10-,11-,12+,14+/m1/s1. The Kier molecular flexibility index (Phi) is 8.83. The third-order valence-corrected chi connectivity index (χ3v) is 4.27. The van der Waals surface area contributed by atoms with E-state index in [0.717, 1.165) is 4.90 Å². The first-order valence-electron chi connectivity index (χ1n) is 8.99. The fourth-order valence-electron chi connectivity index (χ4n) is 3.02. The number of aliphatic hydroxyl groups excluding tert-OH is 1. The lowest BCUT2D eigenvalue weighted by atomic mass is 9.94. The molecule has 158 valence electrons. The van der Waals surface area contributed by atoms with Crippen molar-refractivity contribution in [3.8, 4) is 0 Å². The number of nitrogens with two attached hydrogens (primary N) is 1. The predicted octanol–water partition coefficient (Wildman–Crippen LogP) is -1.93. The summed E-state index contributed by atoms with van der Waals surface area (Å²) in [5.74, 6) is -5.30. The van der Waals surface area contributed by atoms with Gasteiger partial charge in [-0.25, -0.2) is 0 Å². The minimum absolute atomic E-state index is 0.00941. The largest absolute Gasteiger partial charge is 0.466 e. The maximum Gasteiger partial charge on any atom is 0.312 e. The SMILES string of the molecule is CCOC(=O)C[C@@H](C(=O)OCC)[C@H](NC(=O)[C@@H]1C[C@@H](O)CN1C(C)=O)C(N)=O. The van der Waals surface area contributed by atoms with Gasteiger partial charge in [-0.2, -0.15) is 0 Å². The Morgan fingerprint density at radius 3 is 2.29 bits per heavy atom. The molecule has 0 bridgehead atoms. The highest BCUT2D eigenvalue weighted by Gasteiger charge is 2.42. The summed E-state index contributed by atoms with van der Waals surface area (Å²) in [5, 5.41) is 12.1. The van der Waals surface area contributed by atoms with Crippen LogP contribution in [0.25, 0.3) is 0 Å². The van der Waals surface area contributed by atoms with Gasteiger partial charge in [-0.15, -0.1) is 0 Å².